The van der Waals surface area contributed by atoms with E-state index in [1.165, 1.54) is 12.8 Å². The van der Waals surface area contributed by atoms with Gasteiger partial charge in [-0.15, -0.1) is 0 Å². The molecule has 2 fully saturated rings. The molecule has 0 amide bonds. The van der Waals surface area contributed by atoms with E-state index in [1.807, 2.05) is 0 Å². The van der Waals surface area contributed by atoms with Gasteiger partial charge in [0.1, 0.15) is 0 Å². The summed E-state index contributed by atoms with van der Waals surface area (Å²) >= 11 is 0. The van der Waals surface area contributed by atoms with Crippen LogP contribution in [0, 0.1) is 0 Å². The fraction of sp³-hybridized carbons (Fsp3) is 1.00. The Morgan fingerprint density at radius 2 is 1.83 bits per heavy atom. The van der Waals surface area contributed by atoms with Crippen LogP contribution in [0.5, 0.6) is 0 Å². The maximum atomic E-state index is 6.05. The van der Waals surface area contributed by atoms with Crippen LogP contribution in [0.2, 0.25) is 0 Å². The van der Waals surface area contributed by atoms with Crippen LogP contribution in [0.25, 0.3) is 0 Å². The van der Waals surface area contributed by atoms with Gasteiger partial charge in [-0.2, -0.15) is 0 Å². The van der Waals surface area contributed by atoms with Gasteiger partial charge in [0.05, 0.1) is 18.8 Å². The predicted molar refractivity (Wildman–Crippen MR) is 70.6 cm³/mol. The van der Waals surface area contributed by atoms with Crippen molar-refractivity contribution in [3.05, 3.63) is 0 Å². The minimum Gasteiger partial charge on any atom is -0.374 e. The molecule has 0 spiro atoms. The lowest BCUT2D eigenvalue weighted by Gasteiger charge is -2.34. The number of rotatable bonds is 4. The fourth-order valence-electron chi connectivity index (χ4n) is 3.21. The zero-order valence-electron chi connectivity index (χ0n) is 12.4. The number of nitrogens with zero attached hydrogens (tertiary/aromatic N) is 1. The molecule has 0 saturated carbocycles. The summed E-state index contributed by atoms with van der Waals surface area (Å²) < 4.78 is 17.3. The van der Waals surface area contributed by atoms with Crippen LogP contribution in [0.1, 0.15) is 40.0 Å². The van der Waals surface area contributed by atoms with E-state index in [4.69, 9.17) is 14.2 Å². The van der Waals surface area contributed by atoms with Gasteiger partial charge in [0, 0.05) is 26.2 Å². The molecule has 1 unspecified atom stereocenters. The monoisotopic (exact) mass is 257 g/mol. The summed E-state index contributed by atoms with van der Waals surface area (Å²) in [5.41, 5.74) is 0.0215. The molecule has 106 valence electrons. The van der Waals surface area contributed by atoms with E-state index in [0.29, 0.717) is 0 Å². The van der Waals surface area contributed by atoms with Crippen molar-refractivity contribution in [2.45, 2.75) is 57.0 Å². The van der Waals surface area contributed by atoms with Crippen molar-refractivity contribution in [3.63, 3.8) is 0 Å². The number of fused-ring (bicyclic) bond motifs is 1. The van der Waals surface area contributed by atoms with Gasteiger partial charge < -0.3 is 14.2 Å². The summed E-state index contributed by atoms with van der Waals surface area (Å²) in [6.07, 6.45) is 3.33. The first-order chi connectivity index (χ1) is 8.35. The third-order valence-corrected chi connectivity index (χ3v) is 4.29. The van der Waals surface area contributed by atoms with Gasteiger partial charge in [-0.05, 0) is 40.2 Å². The van der Waals surface area contributed by atoms with Crippen LogP contribution in [-0.4, -0.2) is 55.7 Å². The summed E-state index contributed by atoms with van der Waals surface area (Å²) in [5.74, 6) is -0.443. The van der Waals surface area contributed by atoms with Crippen LogP contribution in [-0.2, 0) is 14.2 Å². The Hall–Kier alpha value is -0.160. The normalized spacial score (nSPS) is 31.8. The smallest absolute Gasteiger partial charge is 0.182 e. The molecule has 2 saturated heterocycles. The molecule has 0 bridgehead atoms. The number of methoxy groups -OCH3 is 2. The zero-order valence-corrected chi connectivity index (χ0v) is 12.4. The van der Waals surface area contributed by atoms with Crippen molar-refractivity contribution in [2.75, 3.05) is 33.9 Å². The highest BCUT2D eigenvalue weighted by molar-refractivity contribution is 5.07. The standard InChI is InChI=1S/C14H27NO3/c1-12(2,3)18-11-13-7-6-8-15(13)10-14(9-13,16-4)17-5/h6-11H2,1-5H3. The van der Waals surface area contributed by atoms with Crippen molar-refractivity contribution >= 4 is 0 Å². The third kappa shape index (κ3) is 2.57. The Balaban J connectivity index is 2.09. The molecule has 0 aliphatic carbocycles. The summed E-state index contributed by atoms with van der Waals surface area (Å²) in [6, 6.07) is 0. The van der Waals surface area contributed by atoms with Crippen LogP contribution < -0.4 is 0 Å². The predicted octanol–water partition coefficient (Wildman–Crippen LogP) is 2.03. The molecular weight excluding hydrogens is 230 g/mol. The number of ether oxygens (including phenoxy) is 3. The van der Waals surface area contributed by atoms with Gasteiger partial charge in [0.15, 0.2) is 5.79 Å². The Kier molecular flexibility index (Phi) is 3.76. The average molecular weight is 257 g/mol. The second kappa shape index (κ2) is 4.75. The highest BCUT2D eigenvalue weighted by atomic mass is 16.7. The molecule has 0 aromatic heterocycles. The molecule has 2 aliphatic rings. The van der Waals surface area contributed by atoms with E-state index in [2.05, 4.69) is 25.7 Å². The van der Waals surface area contributed by atoms with Gasteiger partial charge in [0.25, 0.3) is 0 Å². The van der Waals surface area contributed by atoms with E-state index >= 15 is 0 Å². The summed E-state index contributed by atoms with van der Waals surface area (Å²) in [6.45, 7) is 9.08. The summed E-state index contributed by atoms with van der Waals surface area (Å²) in [7, 11) is 3.48. The molecule has 0 aromatic carbocycles. The Bertz CT molecular complexity index is 296. The lowest BCUT2D eigenvalue weighted by Crippen LogP contribution is -2.44. The van der Waals surface area contributed by atoms with Crippen LogP contribution >= 0.6 is 0 Å². The molecule has 0 aromatic rings. The fourth-order valence-corrected chi connectivity index (χ4v) is 3.21. The Morgan fingerprint density at radius 1 is 1.17 bits per heavy atom. The lowest BCUT2D eigenvalue weighted by molar-refractivity contribution is -0.198. The van der Waals surface area contributed by atoms with Crippen molar-refractivity contribution < 1.29 is 14.2 Å². The van der Waals surface area contributed by atoms with Crippen molar-refractivity contribution in [1.29, 1.82) is 0 Å². The second-order valence-electron chi connectivity index (χ2n) is 6.65. The molecule has 2 rings (SSSR count). The van der Waals surface area contributed by atoms with Crippen LogP contribution in [0.4, 0.5) is 0 Å². The van der Waals surface area contributed by atoms with Crippen LogP contribution in [0.15, 0.2) is 0 Å². The maximum Gasteiger partial charge on any atom is 0.182 e. The first-order valence-corrected chi connectivity index (χ1v) is 6.84. The SMILES string of the molecule is COC1(OC)CN2CCCC2(COC(C)(C)C)C1. The first-order valence-electron chi connectivity index (χ1n) is 6.84. The number of hydrogen-bond acceptors (Lipinski definition) is 4. The minimum absolute atomic E-state index is 0.0889. The van der Waals surface area contributed by atoms with Crippen molar-refractivity contribution in [2.24, 2.45) is 0 Å². The number of hydrogen-bond donors (Lipinski definition) is 0. The quantitative estimate of drug-likeness (QED) is 0.721. The topological polar surface area (TPSA) is 30.9 Å². The van der Waals surface area contributed by atoms with Gasteiger partial charge >= 0.3 is 0 Å². The summed E-state index contributed by atoms with van der Waals surface area (Å²) in [5, 5.41) is 0. The largest absolute Gasteiger partial charge is 0.374 e. The molecule has 1 atom stereocenters. The third-order valence-electron chi connectivity index (χ3n) is 4.29. The molecular formula is C14H27NO3. The molecule has 0 radical (unpaired) electrons. The van der Waals surface area contributed by atoms with Crippen molar-refractivity contribution in [1.82, 2.24) is 4.90 Å². The minimum atomic E-state index is -0.443. The molecule has 2 aliphatic heterocycles. The van der Waals surface area contributed by atoms with E-state index in [0.717, 1.165) is 26.1 Å². The Morgan fingerprint density at radius 3 is 2.39 bits per heavy atom. The van der Waals surface area contributed by atoms with Crippen molar-refractivity contribution in [3.8, 4) is 0 Å². The van der Waals surface area contributed by atoms with E-state index < -0.39 is 5.79 Å². The van der Waals surface area contributed by atoms with Gasteiger partial charge in [0.2, 0.25) is 0 Å². The lowest BCUT2D eigenvalue weighted by atomic mass is 9.92. The highest BCUT2D eigenvalue weighted by Crippen LogP contribution is 2.45. The second-order valence-corrected chi connectivity index (χ2v) is 6.65. The highest BCUT2D eigenvalue weighted by Gasteiger charge is 2.56. The zero-order chi connectivity index (χ0) is 13.4. The van der Waals surface area contributed by atoms with Crippen LogP contribution in [0.3, 0.4) is 0 Å². The Labute approximate surface area is 111 Å². The van der Waals surface area contributed by atoms with Gasteiger partial charge in [-0.1, -0.05) is 0 Å². The van der Waals surface area contributed by atoms with E-state index in [1.54, 1.807) is 14.2 Å². The molecule has 4 nitrogen and oxygen atoms in total. The molecule has 18 heavy (non-hydrogen) atoms. The summed E-state index contributed by atoms with van der Waals surface area (Å²) in [4.78, 5) is 2.49. The van der Waals surface area contributed by atoms with Gasteiger partial charge in [-0.3, -0.25) is 4.90 Å². The van der Waals surface area contributed by atoms with E-state index in [-0.39, 0.29) is 11.1 Å². The van der Waals surface area contributed by atoms with E-state index in [9.17, 15) is 0 Å². The average Bonchev–Trinajstić information content (AvgIpc) is 2.80. The molecule has 4 heteroatoms. The first kappa shape index (κ1) is 14.3. The molecule has 2 heterocycles. The van der Waals surface area contributed by atoms with Gasteiger partial charge in [-0.25, -0.2) is 0 Å². The molecule has 0 N–H and O–H groups in total. The maximum absolute atomic E-state index is 6.05.